The van der Waals surface area contributed by atoms with E-state index in [2.05, 4.69) is 53.6 Å². The SMILES string of the molecule is CCc1ccc(C(C)NC(=O)C(C)N2CCC(CCNC)CC2)cc1.Cl. The second-order valence-electron chi connectivity index (χ2n) is 7.37. The third kappa shape index (κ3) is 6.57. The number of amides is 1. The smallest absolute Gasteiger partial charge is 0.237 e. The van der Waals surface area contributed by atoms with Gasteiger partial charge in [0.05, 0.1) is 12.1 Å². The summed E-state index contributed by atoms with van der Waals surface area (Å²) in [7, 11) is 2.01. The molecule has 0 aromatic heterocycles. The minimum absolute atomic E-state index is 0. The molecule has 1 heterocycles. The lowest BCUT2D eigenvalue weighted by Crippen LogP contribution is -2.48. The summed E-state index contributed by atoms with van der Waals surface area (Å²) in [6.45, 7) is 9.41. The fourth-order valence-corrected chi connectivity index (χ4v) is 3.60. The van der Waals surface area contributed by atoms with E-state index >= 15 is 0 Å². The van der Waals surface area contributed by atoms with E-state index < -0.39 is 0 Å². The number of likely N-dealkylation sites (tertiary alicyclic amines) is 1. The van der Waals surface area contributed by atoms with E-state index in [1.165, 1.54) is 30.4 Å². The van der Waals surface area contributed by atoms with Crippen LogP contribution >= 0.6 is 12.4 Å². The number of carbonyl (C=O) groups excluding carboxylic acids is 1. The number of hydrogen-bond donors (Lipinski definition) is 2. The number of halogens is 1. The van der Waals surface area contributed by atoms with Gasteiger partial charge in [0.15, 0.2) is 0 Å². The minimum Gasteiger partial charge on any atom is -0.348 e. The highest BCUT2D eigenvalue weighted by molar-refractivity contribution is 5.85. The van der Waals surface area contributed by atoms with Crippen LogP contribution in [0.5, 0.6) is 0 Å². The fraction of sp³-hybridized carbons (Fsp3) is 0.667. The highest BCUT2D eigenvalue weighted by Gasteiger charge is 2.27. The van der Waals surface area contributed by atoms with Crippen molar-refractivity contribution in [3.8, 4) is 0 Å². The number of piperidine rings is 1. The predicted octanol–water partition coefficient (Wildman–Crippen LogP) is 3.56. The van der Waals surface area contributed by atoms with Gasteiger partial charge in [-0.15, -0.1) is 12.4 Å². The van der Waals surface area contributed by atoms with E-state index in [0.29, 0.717) is 0 Å². The Hall–Kier alpha value is -1.10. The van der Waals surface area contributed by atoms with Crippen LogP contribution in [0.4, 0.5) is 0 Å². The first-order valence-electron chi connectivity index (χ1n) is 9.83. The summed E-state index contributed by atoms with van der Waals surface area (Å²) in [5.74, 6) is 0.940. The molecule has 0 saturated carbocycles. The summed E-state index contributed by atoms with van der Waals surface area (Å²) in [6.07, 6.45) is 4.69. The average Bonchev–Trinajstić information content (AvgIpc) is 2.66. The zero-order valence-electron chi connectivity index (χ0n) is 16.8. The van der Waals surface area contributed by atoms with Crippen LogP contribution < -0.4 is 10.6 Å². The van der Waals surface area contributed by atoms with Crippen molar-refractivity contribution in [2.45, 2.75) is 58.5 Å². The highest BCUT2D eigenvalue weighted by Crippen LogP contribution is 2.22. The first-order valence-corrected chi connectivity index (χ1v) is 9.83. The second-order valence-corrected chi connectivity index (χ2v) is 7.37. The molecule has 26 heavy (non-hydrogen) atoms. The number of nitrogens with one attached hydrogen (secondary N) is 2. The van der Waals surface area contributed by atoms with E-state index in [0.717, 1.165) is 32.0 Å². The number of aryl methyl sites for hydroxylation is 1. The van der Waals surface area contributed by atoms with Gasteiger partial charge in [0, 0.05) is 0 Å². The molecule has 1 saturated heterocycles. The molecule has 0 spiro atoms. The molecule has 148 valence electrons. The second kappa shape index (κ2) is 11.6. The highest BCUT2D eigenvalue weighted by atomic mass is 35.5. The van der Waals surface area contributed by atoms with Gasteiger partial charge in [-0.05, 0) is 83.3 Å². The van der Waals surface area contributed by atoms with Crippen LogP contribution in [-0.4, -0.2) is 43.5 Å². The molecule has 4 nitrogen and oxygen atoms in total. The predicted molar refractivity (Wildman–Crippen MR) is 112 cm³/mol. The van der Waals surface area contributed by atoms with Crippen molar-refractivity contribution >= 4 is 18.3 Å². The van der Waals surface area contributed by atoms with Crippen LogP contribution in [0.15, 0.2) is 24.3 Å². The van der Waals surface area contributed by atoms with Crippen molar-refractivity contribution in [2.75, 3.05) is 26.7 Å². The lowest BCUT2D eigenvalue weighted by molar-refractivity contribution is -0.127. The van der Waals surface area contributed by atoms with Crippen molar-refractivity contribution in [1.82, 2.24) is 15.5 Å². The van der Waals surface area contributed by atoms with E-state index in [1.54, 1.807) is 0 Å². The summed E-state index contributed by atoms with van der Waals surface area (Å²) in [5, 5.41) is 6.42. The lowest BCUT2D eigenvalue weighted by Gasteiger charge is -2.35. The lowest BCUT2D eigenvalue weighted by atomic mass is 9.92. The molecule has 1 amide bonds. The Morgan fingerprint density at radius 3 is 2.35 bits per heavy atom. The van der Waals surface area contributed by atoms with Gasteiger partial charge in [0.2, 0.25) is 5.91 Å². The molecule has 0 aliphatic carbocycles. The van der Waals surface area contributed by atoms with E-state index in [9.17, 15) is 4.79 Å². The van der Waals surface area contributed by atoms with Crippen LogP contribution in [0.3, 0.4) is 0 Å². The van der Waals surface area contributed by atoms with Crippen LogP contribution in [0.2, 0.25) is 0 Å². The number of nitrogens with zero attached hydrogens (tertiary/aromatic N) is 1. The Bertz CT molecular complexity index is 527. The standard InChI is InChI=1S/C21H35N3O.ClH/c1-5-18-6-8-20(9-7-18)16(2)23-21(25)17(3)24-14-11-19(12-15-24)10-13-22-4;/h6-9,16-17,19,22H,5,10-15H2,1-4H3,(H,23,25);1H. The zero-order valence-corrected chi connectivity index (χ0v) is 17.6. The van der Waals surface area contributed by atoms with Crippen molar-refractivity contribution in [3.05, 3.63) is 35.4 Å². The molecule has 2 atom stereocenters. The Morgan fingerprint density at radius 2 is 1.81 bits per heavy atom. The molecule has 0 radical (unpaired) electrons. The summed E-state index contributed by atoms with van der Waals surface area (Å²) in [4.78, 5) is 15.0. The first kappa shape index (κ1) is 22.9. The van der Waals surface area contributed by atoms with Crippen LogP contribution in [-0.2, 0) is 11.2 Å². The van der Waals surface area contributed by atoms with Crippen LogP contribution in [0.25, 0.3) is 0 Å². The molecule has 1 aromatic rings. The van der Waals surface area contributed by atoms with Crippen LogP contribution in [0, 0.1) is 5.92 Å². The Kier molecular flexibility index (Phi) is 10.2. The van der Waals surface area contributed by atoms with Crippen molar-refractivity contribution < 1.29 is 4.79 Å². The topological polar surface area (TPSA) is 44.4 Å². The molecule has 2 unspecified atom stereocenters. The first-order chi connectivity index (χ1) is 12.0. The van der Waals surface area contributed by atoms with Crippen molar-refractivity contribution in [3.63, 3.8) is 0 Å². The summed E-state index contributed by atoms with van der Waals surface area (Å²) < 4.78 is 0. The van der Waals surface area contributed by atoms with Gasteiger partial charge in [-0.2, -0.15) is 0 Å². The van der Waals surface area contributed by atoms with E-state index in [-0.39, 0.29) is 30.4 Å². The van der Waals surface area contributed by atoms with Gasteiger partial charge in [0.1, 0.15) is 0 Å². The molecule has 0 bridgehead atoms. The number of hydrogen-bond acceptors (Lipinski definition) is 3. The summed E-state index contributed by atoms with van der Waals surface area (Å²) in [5.41, 5.74) is 2.50. The Balaban J connectivity index is 0.00000338. The monoisotopic (exact) mass is 381 g/mol. The van der Waals surface area contributed by atoms with Gasteiger partial charge in [-0.3, -0.25) is 9.69 Å². The average molecular weight is 382 g/mol. The normalized spacial score (nSPS) is 18.0. The van der Waals surface area contributed by atoms with Gasteiger partial charge in [-0.25, -0.2) is 0 Å². The molecule has 2 rings (SSSR count). The quantitative estimate of drug-likeness (QED) is 0.723. The van der Waals surface area contributed by atoms with Gasteiger partial charge in [-0.1, -0.05) is 31.2 Å². The molecular weight excluding hydrogens is 346 g/mol. The molecule has 1 aliphatic heterocycles. The van der Waals surface area contributed by atoms with Crippen molar-refractivity contribution in [2.24, 2.45) is 5.92 Å². The third-order valence-corrected chi connectivity index (χ3v) is 5.63. The van der Waals surface area contributed by atoms with Crippen LogP contribution in [0.1, 0.15) is 57.2 Å². The number of carbonyl (C=O) groups is 1. The summed E-state index contributed by atoms with van der Waals surface area (Å²) >= 11 is 0. The molecule has 1 aliphatic rings. The maximum atomic E-state index is 12.6. The Morgan fingerprint density at radius 1 is 1.19 bits per heavy atom. The summed E-state index contributed by atoms with van der Waals surface area (Å²) in [6, 6.07) is 8.55. The van der Waals surface area contributed by atoms with E-state index in [1.807, 2.05) is 14.0 Å². The third-order valence-electron chi connectivity index (χ3n) is 5.63. The maximum Gasteiger partial charge on any atom is 0.237 e. The van der Waals surface area contributed by atoms with Gasteiger partial charge >= 0.3 is 0 Å². The minimum atomic E-state index is -0.0531. The Labute approximate surface area is 165 Å². The molecule has 1 aromatic carbocycles. The largest absolute Gasteiger partial charge is 0.348 e. The molecule has 5 heteroatoms. The fourth-order valence-electron chi connectivity index (χ4n) is 3.60. The van der Waals surface area contributed by atoms with Gasteiger partial charge < -0.3 is 10.6 Å². The van der Waals surface area contributed by atoms with Gasteiger partial charge in [0.25, 0.3) is 0 Å². The molecule has 1 fully saturated rings. The number of benzene rings is 1. The maximum absolute atomic E-state index is 12.6. The molecule has 2 N–H and O–H groups in total. The van der Waals surface area contributed by atoms with E-state index in [4.69, 9.17) is 0 Å². The van der Waals surface area contributed by atoms with Crippen molar-refractivity contribution in [1.29, 1.82) is 0 Å². The molecular formula is C21H36ClN3O. The number of rotatable bonds is 8. The zero-order chi connectivity index (χ0) is 18.2.